The van der Waals surface area contributed by atoms with Gasteiger partial charge in [0, 0.05) is 43.6 Å². The molecule has 130 valence electrons. The Labute approximate surface area is 150 Å². The van der Waals surface area contributed by atoms with Crippen LogP contribution in [0.5, 0.6) is 5.88 Å². The Bertz CT molecular complexity index is 931. The second-order valence-corrected chi connectivity index (χ2v) is 6.25. The molecule has 6 nitrogen and oxygen atoms in total. The van der Waals surface area contributed by atoms with Gasteiger partial charge in [0.25, 0.3) is 5.91 Å². The SMILES string of the molecule is N#Cc1ccc(OC2CCN(C(=O)c3cc4ccccc4o3)CC2)nc1. The molecule has 1 aliphatic heterocycles. The fourth-order valence-corrected chi connectivity index (χ4v) is 3.11. The van der Waals surface area contributed by atoms with E-state index in [1.807, 2.05) is 30.3 Å². The lowest BCUT2D eigenvalue weighted by atomic mass is 10.1. The van der Waals surface area contributed by atoms with Crippen LogP contribution in [0, 0.1) is 11.3 Å². The summed E-state index contributed by atoms with van der Waals surface area (Å²) in [5, 5.41) is 9.73. The van der Waals surface area contributed by atoms with Crippen LogP contribution >= 0.6 is 0 Å². The van der Waals surface area contributed by atoms with Crippen molar-refractivity contribution in [1.82, 2.24) is 9.88 Å². The topological polar surface area (TPSA) is 79.4 Å². The molecule has 0 unspecified atom stereocenters. The Kier molecular flexibility index (Phi) is 4.28. The number of carbonyl (C=O) groups is 1. The zero-order valence-corrected chi connectivity index (χ0v) is 14.1. The highest BCUT2D eigenvalue weighted by Gasteiger charge is 2.26. The van der Waals surface area contributed by atoms with Gasteiger partial charge in [-0.2, -0.15) is 5.26 Å². The molecule has 0 aliphatic carbocycles. The summed E-state index contributed by atoms with van der Waals surface area (Å²) in [5.74, 6) is 0.793. The van der Waals surface area contributed by atoms with Crippen LogP contribution in [-0.4, -0.2) is 35.0 Å². The standard InChI is InChI=1S/C20H17N3O3/c21-12-14-5-6-19(22-13-14)25-16-7-9-23(10-8-16)20(24)18-11-15-3-1-2-4-17(15)26-18/h1-6,11,13,16H,7-10H2. The molecule has 1 amide bonds. The van der Waals surface area contributed by atoms with E-state index >= 15 is 0 Å². The minimum absolute atomic E-state index is 0.00941. The second kappa shape index (κ2) is 6.89. The van der Waals surface area contributed by atoms with Crippen LogP contribution < -0.4 is 4.74 Å². The molecule has 2 aromatic heterocycles. The van der Waals surface area contributed by atoms with Gasteiger partial charge in [-0.25, -0.2) is 4.98 Å². The number of carbonyl (C=O) groups excluding carboxylic acids is 1. The number of nitrogens with zero attached hydrogens (tertiary/aromatic N) is 3. The molecular formula is C20H17N3O3. The number of para-hydroxylation sites is 1. The van der Waals surface area contributed by atoms with Crippen LogP contribution in [0.25, 0.3) is 11.0 Å². The molecule has 0 atom stereocenters. The van der Waals surface area contributed by atoms with Crippen molar-refractivity contribution in [3.8, 4) is 11.9 Å². The summed E-state index contributed by atoms with van der Waals surface area (Å²) in [6, 6.07) is 14.8. The molecule has 3 aromatic rings. The van der Waals surface area contributed by atoms with Crippen LogP contribution in [0.3, 0.4) is 0 Å². The fraction of sp³-hybridized carbons (Fsp3) is 0.250. The van der Waals surface area contributed by atoms with E-state index in [2.05, 4.69) is 4.98 Å². The first-order chi connectivity index (χ1) is 12.7. The van der Waals surface area contributed by atoms with Crippen LogP contribution in [-0.2, 0) is 0 Å². The first kappa shape index (κ1) is 16.2. The van der Waals surface area contributed by atoms with E-state index in [-0.39, 0.29) is 12.0 Å². The molecule has 0 radical (unpaired) electrons. The summed E-state index contributed by atoms with van der Waals surface area (Å²) in [5.41, 5.74) is 1.23. The molecule has 0 saturated carbocycles. The van der Waals surface area contributed by atoms with Crippen molar-refractivity contribution in [3.63, 3.8) is 0 Å². The monoisotopic (exact) mass is 347 g/mol. The van der Waals surface area contributed by atoms with Gasteiger partial charge in [-0.1, -0.05) is 18.2 Å². The lowest BCUT2D eigenvalue weighted by molar-refractivity contribution is 0.0561. The zero-order valence-electron chi connectivity index (χ0n) is 14.1. The van der Waals surface area contributed by atoms with E-state index in [9.17, 15) is 4.79 Å². The van der Waals surface area contributed by atoms with Crippen molar-refractivity contribution in [2.75, 3.05) is 13.1 Å². The average Bonchev–Trinajstić information content (AvgIpc) is 3.13. The van der Waals surface area contributed by atoms with Gasteiger partial charge < -0.3 is 14.1 Å². The van der Waals surface area contributed by atoms with E-state index < -0.39 is 0 Å². The minimum Gasteiger partial charge on any atom is -0.474 e. The van der Waals surface area contributed by atoms with E-state index in [1.165, 1.54) is 6.20 Å². The smallest absolute Gasteiger partial charge is 0.289 e. The number of nitriles is 1. The summed E-state index contributed by atoms with van der Waals surface area (Å²) < 4.78 is 11.5. The maximum Gasteiger partial charge on any atom is 0.289 e. The third-order valence-corrected chi connectivity index (χ3v) is 4.52. The predicted octanol–water partition coefficient (Wildman–Crippen LogP) is 3.38. The third-order valence-electron chi connectivity index (χ3n) is 4.52. The number of aromatic nitrogens is 1. The number of likely N-dealkylation sites (tertiary alicyclic amines) is 1. The van der Waals surface area contributed by atoms with Crippen molar-refractivity contribution in [2.45, 2.75) is 18.9 Å². The number of piperidine rings is 1. The van der Waals surface area contributed by atoms with Gasteiger partial charge >= 0.3 is 0 Å². The Morgan fingerprint density at radius 3 is 2.73 bits per heavy atom. The van der Waals surface area contributed by atoms with Crippen LogP contribution in [0.4, 0.5) is 0 Å². The normalized spacial score (nSPS) is 15.0. The molecule has 1 aromatic carbocycles. The van der Waals surface area contributed by atoms with E-state index in [1.54, 1.807) is 23.1 Å². The molecular weight excluding hydrogens is 330 g/mol. The number of benzene rings is 1. The maximum atomic E-state index is 12.7. The Morgan fingerprint density at radius 1 is 1.23 bits per heavy atom. The highest BCUT2D eigenvalue weighted by Crippen LogP contribution is 2.23. The molecule has 1 aliphatic rings. The second-order valence-electron chi connectivity index (χ2n) is 6.25. The van der Waals surface area contributed by atoms with Crippen LogP contribution in [0.15, 0.2) is 53.1 Å². The average molecular weight is 347 g/mol. The van der Waals surface area contributed by atoms with E-state index in [0.29, 0.717) is 30.3 Å². The lowest BCUT2D eigenvalue weighted by Gasteiger charge is -2.31. The van der Waals surface area contributed by atoms with E-state index in [4.69, 9.17) is 14.4 Å². The summed E-state index contributed by atoms with van der Waals surface area (Å²) in [4.78, 5) is 18.6. The molecule has 3 heterocycles. The fourth-order valence-electron chi connectivity index (χ4n) is 3.11. The Balaban J connectivity index is 1.36. The van der Waals surface area contributed by atoms with Gasteiger partial charge in [0.15, 0.2) is 5.76 Å². The molecule has 1 saturated heterocycles. The largest absolute Gasteiger partial charge is 0.474 e. The number of hydrogen-bond acceptors (Lipinski definition) is 5. The summed E-state index contributed by atoms with van der Waals surface area (Å²) in [7, 11) is 0. The number of fused-ring (bicyclic) bond motifs is 1. The minimum atomic E-state index is -0.0869. The Hall–Kier alpha value is -3.33. The first-order valence-corrected chi connectivity index (χ1v) is 8.53. The summed E-state index contributed by atoms with van der Waals surface area (Å²) in [6.07, 6.45) is 2.96. The third kappa shape index (κ3) is 3.24. The molecule has 6 heteroatoms. The highest BCUT2D eigenvalue weighted by molar-refractivity contribution is 5.96. The van der Waals surface area contributed by atoms with Gasteiger partial charge in [0.05, 0.1) is 5.56 Å². The number of furan rings is 1. The number of amides is 1. The van der Waals surface area contributed by atoms with Gasteiger partial charge in [-0.05, 0) is 18.2 Å². The summed E-state index contributed by atoms with van der Waals surface area (Å²) in [6.45, 7) is 1.22. The quantitative estimate of drug-likeness (QED) is 0.725. The molecule has 0 bridgehead atoms. The van der Waals surface area contributed by atoms with Gasteiger partial charge in [-0.3, -0.25) is 4.79 Å². The van der Waals surface area contributed by atoms with E-state index in [0.717, 1.165) is 23.8 Å². The zero-order chi connectivity index (χ0) is 17.9. The number of pyridine rings is 1. The predicted molar refractivity (Wildman–Crippen MR) is 94.7 cm³/mol. The van der Waals surface area contributed by atoms with Crippen molar-refractivity contribution in [2.24, 2.45) is 0 Å². The number of rotatable bonds is 3. The first-order valence-electron chi connectivity index (χ1n) is 8.53. The number of ether oxygens (including phenoxy) is 1. The number of hydrogen-bond donors (Lipinski definition) is 0. The summed E-state index contributed by atoms with van der Waals surface area (Å²) >= 11 is 0. The van der Waals surface area contributed by atoms with Gasteiger partial charge in [0.2, 0.25) is 5.88 Å². The highest BCUT2D eigenvalue weighted by atomic mass is 16.5. The van der Waals surface area contributed by atoms with Crippen molar-refractivity contribution >= 4 is 16.9 Å². The van der Waals surface area contributed by atoms with Crippen molar-refractivity contribution < 1.29 is 13.9 Å². The lowest BCUT2D eigenvalue weighted by Crippen LogP contribution is -2.41. The molecule has 1 fully saturated rings. The van der Waals surface area contributed by atoms with Gasteiger partial charge in [-0.15, -0.1) is 0 Å². The Morgan fingerprint density at radius 2 is 2.04 bits per heavy atom. The van der Waals surface area contributed by atoms with Crippen LogP contribution in [0.1, 0.15) is 29.0 Å². The molecule has 0 N–H and O–H groups in total. The van der Waals surface area contributed by atoms with Crippen molar-refractivity contribution in [3.05, 3.63) is 60.0 Å². The van der Waals surface area contributed by atoms with Gasteiger partial charge in [0.1, 0.15) is 17.8 Å². The molecule has 0 spiro atoms. The maximum absolute atomic E-state index is 12.7. The molecule has 4 rings (SSSR count). The van der Waals surface area contributed by atoms with Crippen LogP contribution in [0.2, 0.25) is 0 Å². The van der Waals surface area contributed by atoms with Crippen molar-refractivity contribution in [1.29, 1.82) is 5.26 Å². The molecule has 26 heavy (non-hydrogen) atoms.